The van der Waals surface area contributed by atoms with Crippen LogP contribution in [0.3, 0.4) is 0 Å². The number of alkyl halides is 2. The van der Waals surface area contributed by atoms with Crippen LogP contribution in [0, 0.1) is 11.7 Å². The molecule has 0 unspecified atom stereocenters. The molecule has 1 aromatic carbocycles. The molecule has 1 aromatic rings. The first-order chi connectivity index (χ1) is 17.9. The number of hydrogen-bond donors (Lipinski definition) is 1. The highest BCUT2D eigenvalue weighted by atomic mass is 19.3. The number of carbonyl (C=O) groups excluding carboxylic acids is 2. The van der Waals surface area contributed by atoms with Crippen molar-refractivity contribution in [3.63, 3.8) is 0 Å². The zero-order valence-electron chi connectivity index (χ0n) is 19.9. The van der Waals surface area contributed by atoms with Gasteiger partial charge < -0.3 is 14.4 Å². The number of benzene rings is 1. The van der Waals surface area contributed by atoms with Crippen LogP contribution in [0.15, 0.2) is 53.6 Å². The quantitative estimate of drug-likeness (QED) is 0.397. The Labute approximate surface area is 211 Å². The number of hydroxylamine groups is 2. The number of fused-ring (bicyclic) bond motifs is 1. The number of nitrogens with one attached hydrogen (secondary N) is 1. The van der Waals surface area contributed by atoms with Crippen LogP contribution in [0.5, 0.6) is 0 Å². The van der Waals surface area contributed by atoms with Gasteiger partial charge in [-0.05, 0) is 29.8 Å². The second kappa shape index (κ2) is 11.0. The summed E-state index contributed by atoms with van der Waals surface area (Å²) < 4.78 is 49.3. The van der Waals surface area contributed by atoms with Crippen molar-refractivity contribution in [2.75, 3.05) is 62.5 Å². The lowest BCUT2D eigenvalue weighted by Gasteiger charge is -2.24. The summed E-state index contributed by atoms with van der Waals surface area (Å²) in [5.74, 6) is 0.308. The summed E-state index contributed by atoms with van der Waals surface area (Å²) in [6.07, 6.45) is 3.76. The van der Waals surface area contributed by atoms with E-state index >= 15 is 4.39 Å². The van der Waals surface area contributed by atoms with Gasteiger partial charge in [-0.25, -0.2) is 23.0 Å². The number of ether oxygens (including phenoxy) is 2. The van der Waals surface area contributed by atoms with Crippen LogP contribution in [-0.4, -0.2) is 82.3 Å². The molecule has 0 aromatic heterocycles. The van der Waals surface area contributed by atoms with Gasteiger partial charge >= 0.3 is 6.09 Å². The van der Waals surface area contributed by atoms with E-state index in [0.717, 1.165) is 11.5 Å². The van der Waals surface area contributed by atoms with E-state index in [0.29, 0.717) is 30.0 Å². The van der Waals surface area contributed by atoms with Crippen LogP contribution in [-0.2, 0) is 19.1 Å². The zero-order chi connectivity index (χ0) is 25.9. The molecule has 0 bridgehead atoms. The summed E-state index contributed by atoms with van der Waals surface area (Å²) in [6, 6.07) is 4.48. The Morgan fingerprint density at radius 3 is 2.92 bits per heavy atom. The van der Waals surface area contributed by atoms with Crippen LogP contribution in [0.25, 0.3) is 0 Å². The van der Waals surface area contributed by atoms with Crippen molar-refractivity contribution in [1.29, 1.82) is 0 Å². The Bertz CT molecular complexity index is 1140. The van der Waals surface area contributed by atoms with Gasteiger partial charge in [0, 0.05) is 31.1 Å². The first-order valence-electron chi connectivity index (χ1n) is 11.9. The molecule has 1 radical (unpaired) electrons. The van der Waals surface area contributed by atoms with Gasteiger partial charge in [0.1, 0.15) is 18.5 Å². The number of halogens is 3. The molecular formula is C25H26F3N4O5. The van der Waals surface area contributed by atoms with Crippen LogP contribution in [0.1, 0.15) is 0 Å². The summed E-state index contributed by atoms with van der Waals surface area (Å²) in [4.78, 5) is 34.0. The summed E-state index contributed by atoms with van der Waals surface area (Å²) in [5.41, 5.74) is 2.20. The highest BCUT2D eigenvalue weighted by Gasteiger charge is 2.35. The third kappa shape index (κ3) is 5.81. The van der Waals surface area contributed by atoms with E-state index in [-0.39, 0.29) is 38.9 Å². The minimum Gasteiger partial charge on any atom is -0.443 e. The molecule has 2 saturated heterocycles. The van der Waals surface area contributed by atoms with Crippen molar-refractivity contribution in [2.45, 2.75) is 12.5 Å². The Hall–Kier alpha value is -3.35. The van der Waals surface area contributed by atoms with E-state index in [1.54, 1.807) is 23.1 Å². The molecule has 2 fully saturated rings. The highest BCUT2D eigenvalue weighted by molar-refractivity contribution is 6.02. The predicted molar refractivity (Wildman–Crippen MR) is 127 cm³/mol. The monoisotopic (exact) mass is 519 g/mol. The van der Waals surface area contributed by atoms with Crippen molar-refractivity contribution >= 4 is 23.4 Å². The van der Waals surface area contributed by atoms with Crippen molar-refractivity contribution in [3.8, 4) is 0 Å². The molecule has 12 heteroatoms. The number of carbonyl (C=O) groups is 2. The van der Waals surface area contributed by atoms with Crippen LogP contribution >= 0.6 is 0 Å². The molecule has 9 nitrogen and oxygen atoms in total. The highest BCUT2D eigenvalue weighted by Crippen LogP contribution is 2.42. The van der Waals surface area contributed by atoms with Gasteiger partial charge in [-0.3, -0.25) is 19.8 Å². The minimum absolute atomic E-state index is 0.101. The summed E-state index contributed by atoms with van der Waals surface area (Å²) in [5, 5.41) is 4.11. The Morgan fingerprint density at radius 1 is 1.24 bits per heavy atom. The average Bonchev–Trinajstić information content (AvgIpc) is 3.63. The lowest BCUT2D eigenvalue weighted by molar-refractivity contribution is -0.177. The zero-order valence-corrected chi connectivity index (χ0v) is 19.9. The van der Waals surface area contributed by atoms with Gasteiger partial charge in [0.05, 0.1) is 37.8 Å². The molecule has 0 saturated carbocycles. The van der Waals surface area contributed by atoms with E-state index in [9.17, 15) is 18.4 Å². The fraction of sp³-hybridized carbons (Fsp3) is 0.400. The maximum Gasteiger partial charge on any atom is 0.414 e. The van der Waals surface area contributed by atoms with Gasteiger partial charge in [0.2, 0.25) is 0 Å². The fourth-order valence-corrected chi connectivity index (χ4v) is 4.40. The molecular weight excluding hydrogens is 493 g/mol. The second-order valence-electron chi connectivity index (χ2n) is 8.79. The van der Waals surface area contributed by atoms with Crippen molar-refractivity contribution in [3.05, 3.63) is 65.4 Å². The molecule has 2 aliphatic heterocycles. The summed E-state index contributed by atoms with van der Waals surface area (Å²) in [6.45, 7) is 0.821. The fourth-order valence-electron chi connectivity index (χ4n) is 4.40. The van der Waals surface area contributed by atoms with E-state index in [4.69, 9.17) is 14.3 Å². The smallest absolute Gasteiger partial charge is 0.414 e. The molecule has 197 valence electrons. The number of rotatable bonds is 9. The number of nitrogens with zero attached hydrogens (tertiary/aromatic N) is 3. The number of allylic oxidation sites excluding steroid dienone is 4. The van der Waals surface area contributed by atoms with Gasteiger partial charge in [0.15, 0.2) is 0 Å². The molecule has 0 spiro atoms. The lowest BCUT2D eigenvalue weighted by atomic mass is 10.0. The average molecular weight is 520 g/mol. The topological polar surface area (TPSA) is 83.6 Å². The van der Waals surface area contributed by atoms with Crippen LogP contribution < -0.4 is 15.1 Å². The minimum atomic E-state index is -2.55. The molecule has 1 atom stereocenters. The first-order valence-corrected chi connectivity index (χ1v) is 11.9. The van der Waals surface area contributed by atoms with Gasteiger partial charge in [-0.2, -0.15) is 0 Å². The van der Waals surface area contributed by atoms with Gasteiger partial charge in [-0.15, -0.1) is 0 Å². The van der Waals surface area contributed by atoms with Crippen LogP contribution in [0.4, 0.5) is 29.3 Å². The summed E-state index contributed by atoms with van der Waals surface area (Å²) >= 11 is 0. The van der Waals surface area contributed by atoms with Crippen molar-refractivity contribution in [1.82, 2.24) is 10.4 Å². The van der Waals surface area contributed by atoms with E-state index in [2.05, 4.69) is 5.32 Å². The Morgan fingerprint density at radius 2 is 2.11 bits per heavy atom. The van der Waals surface area contributed by atoms with Gasteiger partial charge in [-0.1, -0.05) is 18.2 Å². The standard InChI is InChI=1S/C25H26F3N4O5/c26-21-11-17(31-13-18(37-25(31)34)12-29-15-35-14-23(27)28)4-5-22(21)30-6-7-32(36-9-8-30)24(33)19-3-1-2-16-10-20(16)19/h1-5,10-11,18,23,29H,6-9,12-15H2/t18-/m0/s1. The lowest BCUT2D eigenvalue weighted by Crippen LogP contribution is -2.35. The third-order valence-corrected chi connectivity index (χ3v) is 6.27. The maximum atomic E-state index is 15.1. The molecule has 4 aliphatic rings. The largest absolute Gasteiger partial charge is 0.443 e. The molecule has 2 aliphatic carbocycles. The molecule has 5 rings (SSSR count). The second-order valence-corrected chi connectivity index (χ2v) is 8.79. The Kier molecular flexibility index (Phi) is 7.49. The van der Waals surface area contributed by atoms with Crippen LogP contribution in [0.2, 0.25) is 0 Å². The number of anilines is 2. The van der Waals surface area contributed by atoms with E-state index < -0.39 is 31.0 Å². The van der Waals surface area contributed by atoms with E-state index in [1.807, 2.05) is 18.2 Å². The third-order valence-electron chi connectivity index (χ3n) is 6.27. The Balaban J connectivity index is 1.15. The van der Waals surface area contributed by atoms with E-state index in [1.165, 1.54) is 16.0 Å². The number of hydrogen-bond acceptors (Lipinski definition) is 7. The first kappa shape index (κ1) is 25.3. The molecule has 2 amide bonds. The normalized spacial score (nSPS) is 21.6. The maximum absolute atomic E-state index is 15.1. The molecule has 2 heterocycles. The predicted octanol–water partition coefficient (Wildman–Crippen LogP) is 2.57. The van der Waals surface area contributed by atoms with Crippen molar-refractivity contribution < 1.29 is 37.1 Å². The summed E-state index contributed by atoms with van der Waals surface area (Å²) in [7, 11) is 0. The van der Waals surface area contributed by atoms with Gasteiger partial charge in [0.25, 0.3) is 12.3 Å². The SMILES string of the molecule is O=C(C1=CC=C[C]2C=C21)N1CCN(c2ccc(N3C[C@H](CNCOCC(F)F)OC3=O)cc2F)CCO1. The number of cyclic esters (lactones) is 1. The number of amides is 2. The molecule has 1 N–H and O–H groups in total. The molecule has 37 heavy (non-hydrogen) atoms. The van der Waals surface area contributed by atoms with Crippen molar-refractivity contribution in [2.24, 2.45) is 0 Å².